The Morgan fingerprint density at radius 3 is 2.75 bits per heavy atom. The molecular weight excluding hydrogens is 388 g/mol. The largest absolute Gasteiger partial charge is 0.495 e. The maximum atomic E-state index is 8.96. The molecule has 0 amide bonds. The third kappa shape index (κ3) is 2.86. The van der Waals surface area contributed by atoms with E-state index in [9.17, 15) is 0 Å². The number of nitrogens with two attached hydrogens (primary N) is 1. The first-order valence-electron chi connectivity index (χ1n) is 5.51. The summed E-state index contributed by atoms with van der Waals surface area (Å²) >= 11 is 6.84. The molecule has 7 heteroatoms. The Labute approximate surface area is 133 Å². The molecule has 0 spiro atoms. The van der Waals surface area contributed by atoms with Crippen LogP contribution in [0.4, 0.5) is 17.2 Å². The molecule has 0 fully saturated rings. The summed E-state index contributed by atoms with van der Waals surface area (Å²) in [5.74, 6) is 1.10. The zero-order valence-corrected chi connectivity index (χ0v) is 13.6. The number of anilines is 3. The smallest absolute Gasteiger partial charge is 0.154 e. The molecule has 20 heavy (non-hydrogen) atoms. The summed E-state index contributed by atoms with van der Waals surface area (Å²) in [5.41, 5.74) is 7.31. The zero-order valence-electron chi connectivity index (χ0n) is 10.4. The maximum Gasteiger partial charge on any atom is 0.154 e. The number of rotatable bonds is 3. The minimum absolute atomic E-state index is 0.309. The maximum absolute atomic E-state index is 8.96. The van der Waals surface area contributed by atoms with Gasteiger partial charge in [0.15, 0.2) is 5.82 Å². The summed E-state index contributed by atoms with van der Waals surface area (Å²) in [4.78, 5) is 4.14. The van der Waals surface area contributed by atoms with Crippen LogP contribution in [-0.2, 0) is 0 Å². The molecule has 0 saturated heterocycles. The van der Waals surface area contributed by atoms with Crippen molar-refractivity contribution in [2.45, 2.75) is 0 Å². The first-order valence-corrected chi connectivity index (χ1v) is 7.10. The number of nitrogen functional groups attached to an aromatic ring is 1. The Morgan fingerprint density at radius 1 is 1.35 bits per heavy atom. The van der Waals surface area contributed by atoms with Gasteiger partial charge in [-0.05, 0) is 44.0 Å². The van der Waals surface area contributed by atoms with Gasteiger partial charge in [0.25, 0.3) is 0 Å². The van der Waals surface area contributed by atoms with E-state index in [1.807, 2.05) is 12.1 Å². The highest BCUT2D eigenvalue weighted by molar-refractivity contribution is 9.11. The van der Waals surface area contributed by atoms with Crippen molar-refractivity contribution in [3.63, 3.8) is 0 Å². The molecular formula is C13H10Br2N4O. The summed E-state index contributed by atoms with van der Waals surface area (Å²) in [6, 6.07) is 7.24. The van der Waals surface area contributed by atoms with Gasteiger partial charge in [-0.3, -0.25) is 0 Å². The van der Waals surface area contributed by atoms with Crippen LogP contribution in [0.3, 0.4) is 0 Å². The Balaban J connectivity index is 2.43. The number of nitrogens with zero attached hydrogens (tertiary/aromatic N) is 2. The number of ether oxygens (including phenoxy) is 1. The molecule has 5 nitrogen and oxygen atoms in total. The van der Waals surface area contributed by atoms with Gasteiger partial charge in [0.05, 0.1) is 28.5 Å². The number of nitrogens with one attached hydrogen (secondary N) is 1. The van der Waals surface area contributed by atoms with Gasteiger partial charge in [0.1, 0.15) is 11.8 Å². The molecule has 3 N–H and O–H groups in total. The molecule has 102 valence electrons. The van der Waals surface area contributed by atoms with Crippen molar-refractivity contribution < 1.29 is 4.74 Å². The van der Waals surface area contributed by atoms with Crippen LogP contribution in [0.15, 0.2) is 33.3 Å². The Kier molecular flexibility index (Phi) is 4.47. The Hall–Kier alpha value is -1.78. The average molecular weight is 398 g/mol. The number of nitriles is 1. The minimum Gasteiger partial charge on any atom is -0.495 e. The quantitative estimate of drug-likeness (QED) is 0.822. The molecule has 2 rings (SSSR count). The molecule has 0 unspecified atom stereocenters. The van der Waals surface area contributed by atoms with E-state index in [1.54, 1.807) is 19.2 Å². The fraction of sp³-hybridized carbons (Fsp3) is 0.0769. The number of pyridine rings is 1. The van der Waals surface area contributed by atoms with Gasteiger partial charge in [-0.1, -0.05) is 0 Å². The molecule has 0 saturated carbocycles. The van der Waals surface area contributed by atoms with Crippen LogP contribution in [0.5, 0.6) is 5.75 Å². The van der Waals surface area contributed by atoms with Crippen molar-refractivity contribution in [1.82, 2.24) is 4.98 Å². The predicted octanol–water partition coefficient (Wildman–Crippen LogP) is 3.81. The van der Waals surface area contributed by atoms with Gasteiger partial charge >= 0.3 is 0 Å². The van der Waals surface area contributed by atoms with Crippen LogP contribution in [0.25, 0.3) is 0 Å². The lowest BCUT2D eigenvalue weighted by Crippen LogP contribution is -2.02. The molecule has 1 heterocycles. The highest BCUT2D eigenvalue weighted by atomic mass is 79.9. The first-order chi connectivity index (χ1) is 9.56. The lowest BCUT2D eigenvalue weighted by atomic mass is 10.2. The van der Waals surface area contributed by atoms with E-state index in [2.05, 4.69) is 42.2 Å². The van der Waals surface area contributed by atoms with Gasteiger partial charge in [-0.15, -0.1) is 0 Å². The lowest BCUT2D eigenvalue weighted by molar-refractivity contribution is 0.412. The normalized spacial score (nSPS) is 9.90. The molecule has 0 atom stereocenters. The summed E-state index contributed by atoms with van der Waals surface area (Å²) in [7, 11) is 1.58. The van der Waals surface area contributed by atoms with E-state index in [0.717, 1.165) is 14.6 Å². The lowest BCUT2D eigenvalue weighted by Gasteiger charge is -2.13. The van der Waals surface area contributed by atoms with E-state index in [0.29, 0.717) is 22.8 Å². The summed E-state index contributed by atoms with van der Waals surface area (Å²) in [5, 5.41) is 12.0. The fourth-order valence-electron chi connectivity index (χ4n) is 1.58. The van der Waals surface area contributed by atoms with Gasteiger partial charge in [0.2, 0.25) is 0 Å². The summed E-state index contributed by atoms with van der Waals surface area (Å²) < 4.78 is 6.88. The molecule has 0 aliphatic heterocycles. The van der Waals surface area contributed by atoms with Crippen molar-refractivity contribution in [1.29, 1.82) is 5.26 Å². The standard InChI is InChI=1S/C13H10Br2N4O/c1-20-11-5-10(8(14)4-9(11)15)19-13-12(17)7(6-16)2-3-18-13/h2-5H,17H2,1H3,(H,18,19). The number of aromatic nitrogens is 1. The van der Waals surface area contributed by atoms with Crippen molar-refractivity contribution >= 4 is 49.1 Å². The number of halogens is 2. The Bertz CT molecular complexity index is 698. The highest BCUT2D eigenvalue weighted by Crippen LogP contribution is 2.36. The molecule has 1 aromatic carbocycles. The van der Waals surface area contributed by atoms with Crippen LogP contribution in [-0.4, -0.2) is 12.1 Å². The van der Waals surface area contributed by atoms with Crippen molar-refractivity contribution in [2.24, 2.45) is 0 Å². The predicted molar refractivity (Wildman–Crippen MR) is 85.0 cm³/mol. The van der Waals surface area contributed by atoms with Crippen LogP contribution in [0.1, 0.15) is 5.56 Å². The topological polar surface area (TPSA) is 84.0 Å². The monoisotopic (exact) mass is 396 g/mol. The molecule has 2 aromatic rings. The highest BCUT2D eigenvalue weighted by Gasteiger charge is 2.11. The van der Waals surface area contributed by atoms with E-state index < -0.39 is 0 Å². The fourth-order valence-corrected chi connectivity index (χ4v) is 2.83. The summed E-state index contributed by atoms with van der Waals surface area (Å²) in [6.45, 7) is 0. The summed E-state index contributed by atoms with van der Waals surface area (Å²) in [6.07, 6.45) is 1.53. The third-order valence-corrected chi connectivity index (χ3v) is 3.88. The van der Waals surface area contributed by atoms with E-state index in [-0.39, 0.29) is 0 Å². The van der Waals surface area contributed by atoms with Crippen molar-refractivity contribution in [3.05, 3.63) is 38.9 Å². The third-order valence-electron chi connectivity index (χ3n) is 2.61. The number of hydrogen-bond acceptors (Lipinski definition) is 5. The molecule has 0 aliphatic rings. The van der Waals surface area contributed by atoms with E-state index in [4.69, 9.17) is 15.7 Å². The number of hydrogen-bond donors (Lipinski definition) is 2. The molecule has 0 aliphatic carbocycles. The first kappa shape index (κ1) is 14.6. The van der Waals surface area contributed by atoms with Crippen LogP contribution < -0.4 is 15.8 Å². The van der Waals surface area contributed by atoms with Gasteiger partial charge in [-0.25, -0.2) is 4.98 Å². The average Bonchev–Trinajstić information content (AvgIpc) is 2.43. The van der Waals surface area contributed by atoms with Crippen molar-refractivity contribution in [2.75, 3.05) is 18.2 Å². The van der Waals surface area contributed by atoms with Crippen LogP contribution in [0.2, 0.25) is 0 Å². The van der Waals surface area contributed by atoms with Gasteiger partial charge in [-0.2, -0.15) is 5.26 Å². The molecule has 0 bridgehead atoms. The van der Waals surface area contributed by atoms with Crippen LogP contribution in [0, 0.1) is 11.3 Å². The van der Waals surface area contributed by atoms with Crippen molar-refractivity contribution in [3.8, 4) is 11.8 Å². The SMILES string of the molecule is COc1cc(Nc2nccc(C#N)c2N)c(Br)cc1Br. The minimum atomic E-state index is 0.309. The zero-order chi connectivity index (χ0) is 14.7. The van der Waals surface area contributed by atoms with E-state index in [1.165, 1.54) is 6.20 Å². The van der Waals surface area contributed by atoms with Gasteiger partial charge < -0.3 is 15.8 Å². The second-order valence-electron chi connectivity index (χ2n) is 3.82. The second kappa shape index (κ2) is 6.11. The Morgan fingerprint density at radius 2 is 2.10 bits per heavy atom. The van der Waals surface area contributed by atoms with Crippen LogP contribution >= 0.6 is 31.9 Å². The van der Waals surface area contributed by atoms with Gasteiger partial charge in [0, 0.05) is 16.7 Å². The molecule has 0 radical (unpaired) electrons. The molecule has 1 aromatic heterocycles. The second-order valence-corrected chi connectivity index (χ2v) is 5.53. The number of methoxy groups -OCH3 is 1. The van der Waals surface area contributed by atoms with E-state index >= 15 is 0 Å². The number of benzene rings is 1.